The maximum atomic E-state index is 4.37. The fourth-order valence-electron chi connectivity index (χ4n) is 3.65. The summed E-state index contributed by atoms with van der Waals surface area (Å²) in [6.45, 7) is 7.09. The molecule has 0 saturated carbocycles. The summed E-state index contributed by atoms with van der Waals surface area (Å²) in [5, 5.41) is 14.7. The maximum absolute atomic E-state index is 4.37. The Morgan fingerprint density at radius 3 is 2.54 bits per heavy atom. The van der Waals surface area contributed by atoms with Crippen LogP contribution in [0.25, 0.3) is 0 Å². The normalized spacial score (nSPS) is 16.7. The number of rotatable bonds is 6. The van der Waals surface area contributed by atoms with Gasteiger partial charge in [-0.2, -0.15) is 0 Å². The van der Waals surface area contributed by atoms with Crippen molar-refractivity contribution in [1.82, 2.24) is 25.1 Å². The first-order chi connectivity index (χ1) is 12.8. The molecule has 0 aliphatic carbocycles. The Hall–Kier alpha value is -2.25. The number of nitrogens with zero attached hydrogens (tertiary/aromatic N) is 6. The molecule has 0 spiro atoms. The quantitative estimate of drug-likeness (QED) is 0.669. The van der Waals surface area contributed by atoms with Crippen molar-refractivity contribution in [2.75, 3.05) is 31.1 Å². The van der Waals surface area contributed by atoms with E-state index in [2.05, 4.69) is 80.1 Å². The average molecular weight is 369 g/mol. The summed E-state index contributed by atoms with van der Waals surface area (Å²) in [7, 11) is 0. The molecule has 26 heavy (non-hydrogen) atoms. The number of tetrazole rings is 1. The second-order valence-electron chi connectivity index (χ2n) is 6.56. The van der Waals surface area contributed by atoms with Gasteiger partial charge >= 0.3 is 0 Å². The molecule has 2 aromatic heterocycles. The lowest BCUT2D eigenvalue weighted by Gasteiger charge is -2.39. The molecule has 1 fully saturated rings. The van der Waals surface area contributed by atoms with Gasteiger partial charge in [-0.15, -0.1) is 16.4 Å². The van der Waals surface area contributed by atoms with Crippen LogP contribution in [0.1, 0.15) is 30.1 Å². The molecule has 1 aliphatic rings. The van der Waals surface area contributed by atoms with E-state index in [0.29, 0.717) is 0 Å². The van der Waals surface area contributed by atoms with Gasteiger partial charge in [0, 0.05) is 36.7 Å². The summed E-state index contributed by atoms with van der Waals surface area (Å²) in [4.78, 5) is 6.26. The maximum Gasteiger partial charge on any atom is 0.168 e. The molecule has 1 atom stereocenters. The predicted octanol–water partition coefficient (Wildman–Crippen LogP) is 3.06. The summed E-state index contributed by atoms with van der Waals surface area (Å²) < 4.78 is 1.96. The largest absolute Gasteiger partial charge is 0.369 e. The Labute approximate surface area is 158 Å². The number of hydrogen-bond donors (Lipinski definition) is 0. The smallest absolute Gasteiger partial charge is 0.168 e. The molecule has 4 rings (SSSR count). The van der Waals surface area contributed by atoms with Crippen molar-refractivity contribution in [1.29, 1.82) is 0 Å². The van der Waals surface area contributed by atoms with Gasteiger partial charge in [-0.3, -0.25) is 4.90 Å². The number of benzene rings is 1. The van der Waals surface area contributed by atoms with E-state index in [0.717, 1.165) is 45.0 Å². The number of hydrogen-bond acceptors (Lipinski definition) is 6. The van der Waals surface area contributed by atoms with E-state index in [9.17, 15) is 0 Å². The van der Waals surface area contributed by atoms with Crippen LogP contribution in [-0.4, -0.2) is 51.3 Å². The number of thiophene rings is 1. The van der Waals surface area contributed by atoms with Crippen LogP contribution in [0.2, 0.25) is 0 Å². The molecular formula is C19H24N6S. The van der Waals surface area contributed by atoms with Gasteiger partial charge in [-0.25, -0.2) is 4.68 Å². The molecule has 1 saturated heterocycles. The van der Waals surface area contributed by atoms with E-state index in [1.54, 1.807) is 11.3 Å². The first kappa shape index (κ1) is 17.2. The third kappa shape index (κ3) is 3.64. The average Bonchev–Trinajstić information content (AvgIpc) is 3.37. The van der Waals surface area contributed by atoms with Gasteiger partial charge in [0.25, 0.3) is 0 Å². The van der Waals surface area contributed by atoms with Crippen LogP contribution in [0.3, 0.4) is 0 Å². The number of aromatic nitrogens is 4. The van der Waals surface area contributed by atoms with E-state index in [1.165, 1.54) is 10.6 Å². The van der Waals surface area contributed by atoms with Gasteiger partial charge in [0.15, 0.2) is 5.82 Å². The Bertz CT molecular complexity index is 793. The minimum absolute atomic E-state index is 0.267. The third-order valence-electron chi connectivity index (χ3n) is 5.01. The zero-order valence-electron chi connectivity index (χ0n) is 15.0. The SMILES string of the molecule is CCC(c1nnnn1Cc1cccs1)N1CCN(c2ccccc2)CC1. The van der Waals surface area contributed by atoms with E-state index < -0.39 is 0 Å². The number of anilines is 1. The van der Waals surface area contributed by atoms with Gasteiger partial charge in [-0.05, 0) is 40.4 Å². The zero-order chi connectivity index (χ0) is 17.8. The Balaban J connectivity index is 1.45. The van der Waals surface area contributed by atoms with Gasteiger partial charge in [0.2, 0.25) is 0 Å². The van der Waals surface area contributed by atoms with Crippen LogP contribution in [0.15, 0.2) is 47.8 Å². The molecule has 0 amide bonds. The standard InChI is InChI=1S/C19H24N6S/c1-2-18(19-20-21-22-25(19)15-17-9-6-14-26-17)24-12-10-23(11-13-24)16-7-4-3-5-8-16/h3-9,14,18H,2,10-13,15H2,1H3. The number of piperazine rings is 1. The van der Waals surface area contributed by atoms with Crippen LogP contribution in [0, 0.1) is 0 Å². The second kappa shape index (κ2) is 7.97. The van der Waals surface area contributed by atoms with Crippen molar-refractivity contribution in [3.05, 3.63) is 58.5 Å². The zero-order valence-corrected chi connectivity index (χ0v) is 15.8. The lowest BCUT2D eigenvalue weighted by molar-refractivity contribution is 0.170. The topological polar surface area (TPSA) is 50.1 Å². The molecular weight excluding hydrogens is 344 g/mol. The minimum Gasteiger partial charge on any atom is -0.369 e. The molecule has 0 N–H and O–H groups in total. The van der Waals surface area contributed by atoms with Crippen molar-refractivity contribution >= 4 is 17.0 Å². The summed E-state index contributed by atoms with van der Waals surface area (Å²) in [6.07, 6.45) is 1.01. The van der Waals surface area contributed by atoms with Crippen molar-refractivity contribution < 1.29 is 0 Å². The van der Waals surface area contributed by atoms with Crippen LogP contribution in [0.4, 0.5) is 5.69 Å². The van der Waals surface area contributed by atoms with Crippen LogP contribution in [0.5, 0.6) is 0 Å². The highest BCUT2D eigenvalue weighted by Gasteiger charge is 2.28. The monoisotopic (exact) mass is 368 g/mol. The Morgan fingerprint density at radius 1 is 1.04 bits per heavy atom. The molecule has 1 aliphatic heterocycles. The third-order valence-corrected chi connectivity index (χ3v) is 5.87. The van der Waals surface area contributed by atoms with Crippen molar-refractivity contribution in [2.45, 2.75) is 25.9 Å². The molecule has 6 nitrogen and oxygen atoms in total. The highest BCUT2D eigenvalue weighted by Crippen LogP contribution is 2.25. The van der Waals surface area contributed by atoms with Crippen molar-refractivity contribution in [3.8, 4) is 0 Å². The Kier molecular flexibility index (Phi) is 5.26. The molecule has 3 aromatic rings. The molecule has 1 unspecified atom stereocenters. The lowest BCUT2D eigenvalue weighted by Crippen LogP contribution is -2.48. The van der Waals surface area contributed by atoms with Gasteiger partial charge < -0.3 is 4.90 Å². The van der Waals surface area contributed by atoms with Crippen LogP contribution in [-0.2, 0) is 6.54 Å². The molecule has 3 heterocycles. The van der Waals surface area contributed by atoms with Crippen molar-refractivity contribution in [3.63, 3.8) is 0 Å². The molecule has 7 heteroatoms. The molecule has 136 valence electrons. The van der Waals surface area contributed by atoms with Crippen LogP contribution >= 0.6 is 11.3 Å². The lowest BCUT2D eigenvalue weighted by atomic mass is 10.1. The van der Waals surface area contributed by atoms with Crippen LogP contribution < -0.4 is 4.90 Å². The Morgan fingerprint density at radius 2 is 1.85 bits per heavy atom. The van der Waals surface area contributed by atoms with E-state index >= 15 is 0 Å². The first-order valence-electron chi connectivity index (χ1n) is 9.17. The summed E-state index contributed by atoms with van der Waals surface area (Å²) in [6, 6.07) is 15.1. The summed E-state index contributed by atoms with van der Waals surface area (Å²) in [5.74, 6) is 0.981. The molecule has 1 aromatic carbocycles. The predicted molar refractivity (Wildman–Crippen MR) is 104 cm³/mol. The fraction of sp³-hybridized carbons (Fsp3) is 0.421. The van der Waals surface area contributed by atoms with E-state index in [4.69, 9.17) is 0 Å². The number of para-hydroxylation sites is 1. The van der Waals surface area contributed by atoms with Gasteiger partial charge in [0.1, 0.15) is 0 Å². The molecule has 0 bridgehead atoms. The second-order valence-corrected chi connectivity index (χ2v) is 7.59. The van der Waals surface area contributed by atoms with Gasteiger partial charge in [0.05, 0.1) is 12.6 Å². The highest BCUT2D eigenvalue weighted by atomic mass is 32.1. The summed E-state index contributed by atoms with van der Waals surface area (Å²) in [5.41, 5.74) is 1.31. The highest BCUT2D eigenvalue weighted by molar-refractivity contribution is 7.09. The first-order valence-corrected chi connectivity index (χ1v) is 10.1. The molecule has 0 radical (unpaired) electrons. The summed E-state index contributed by atoms with van der Waals surface area (Å²) >= 11 is 1.75. The fourth-order valence-corrected chi connectivity index (χ4v) is 4.33. The van der Waals surface area contributed by atoms with Crippen molar-refractivity contribution in [2.24, 2.45) is 0 Å². The van der Waals surface area contributed by atoms with Gasteiger partial charge in [-0.1, -0.05) is 31.2 Å². The van der Waals surface area contributed by atoms with E-state index in [-0.39, 0.29) is 6.04 Å². The minimum atomic E-state index is 0.267. The van der Waals surface area contributed by atoms with E-state index in [1.807, 2.05) is 4.68 Å².